The molecule has 170 valence electrons. The van der Waals surface area contributed by atoms with Gasteiger partial charge in [-0.15, -0.1) is 0 Å². The molecule has 1 aromatic carbocycles. The molecular formula is C23H32N2O5S. The fraction of sp³-hybridized carbons (Fsp3) is 0.435. The van der Waals surface area contributed by atoms with Crippen molar-refractivity contribution in [2.45, 2.75) is 46.1 Å². The van der Waals surface area contributed by atoms with Gasteiger partial charge in [0.15, 0.2) is 11.5 Å². The Balaban J connectivity index is 0.000000861. The highest BCUT2D eigenvalue weighted by atomic mass is 32.1. The molecule has 0 saturated heterocycles. The minimum Gasteiger partial charge on any atom is -0.503 e. The van der Waals surface area contributed by atoms with Crippen LogP contribution in [0.25, 0.3) is 0 Å². The van der Waals surface area contributed by atoms with Crippen molar-refractivity contribution in [3.63, 3.8) is 0 Å². The van der Waals surface area contributed by atoms with E-state index in [9.17, 15) is 9.90 Å². The van der Waals surface area contributed by atoms with Crippen molar-refractivity contribution >= 4 is 23.2 Å². The van der Waals surface area contributed by atoms with Crippen LogP contribution in [0.15, 0.2) is 42.6 Å². The van der Waals surface area contributed by atoms with Crippen LogP contribution in [0.5, 0.6) is 17.2 Å². The van der Waals surface area contributed by atoms with Crippen molar-refractivity contribution in [2.75, 3.05) is 20.3 Å². The molecule has 0 fully saturated rings. The number of nitrogens with one attached hydrogen (secondary N) is 1. The molecule has 0 aliphatic heterocycles. The Morgan fingerprint density at radius 3 is 2.45 bits per heavy atom. The fourth-order valence-electron chi connectivity index (χ4n) is 2.38. The molecule has 31 heavy (non-hydrogen) atoms. The van der Waals surface area contributed by atoms with Crippen LogP contribution in [0.3, 0.4) is 0 Å². The molecule has 0 unspecified atom stereocenters. The van der Waals surface area contributed by atoms with Crippen molar-refractivity contribution in [2.24, 2.45) is 0 Å². The number of aromatic hydroxyl groups is 1. The Bertz CT molecular complexity index is 800. The van der Waals surface area contributed by atoms with E-state index >= 15 is 0 Å². The Morgan fingerprint density at radius 2 is 1.87 bits per heavy atom. The second-order valence-electron chi connectivity index (χ2n) is 6.67. The SMILES string of the molecule is CCCCC.COc1ccnc(C(=S)NCC(=O)OC[C@H](C)Oc2ccccc2)c1O. The number of thiocarbonyl (C=S) groups is 1. The van der Waals surface area contributed by atoms with E-state index in [1.807, 2.05) is 30.3 Å². The summed E-state index contributed by atoms with van der Waals surface area (Å²) >= 11 is 5.13. The van der Waals surface area contributed by atoms with E-state index in [4.69, 9.17) is 26.4 Å². The lowest BCUT2D eigenvalue weighted by molar-refractivity contribution is -0.144. The minimum absolute atomic E-state index is 0.102. The van der Waals surface area contributed by atoms with Crippen LogP contribution in [0.1, 0.15) is 45.7 Å². The predicted octanol–water partition coefficient (Wildman–Crippen LogP) is 4.27. The van der Waals surface area contributed by atoms with Crippen LogP contribution in [0, 0.1) is 0 Å². The summed E-state index contributed by atoms with van der Waals surface area (Å²) < 4.78 is 15.8. The molecule has 1 atom stereocenters. The fourth-order valence-corrected chi connectivity index (χ4v) is 2.61. The first-order valence-corrected chi connectivity index (χ1v) is 10.7. The van der Waals surface area contributed by atoms with Gasteiger partial charge in [-0.25, -0.2) is 4.98 Å². The highest BCUT2D eigenvalue weighted by molar-refractivity contribution is 7.80. The number of esters is 1. The number of hydrogen-bond donors (Lipinski definition) is 2. The lowest BCUT2D eigenvalue weighted by Crippen LogP contribution is -2.32. The third kappa shape index (κ3) is 10.1. The Hall–Kier alpha value is -2.87. The van der Waals surface area contributed by atoms with Crippen LogP contribution in [0.2, 0.25) is 0 Å². The van der Waals surface area contributed by atoms with Crippen molar-refractivity contribution in [3.8, 4) is 17.2 Å². The van der Waals surface area contributed by atoms with E-state index in [0.717, 1.165) is 0 Å². The number of benzene rings is 1. The number of rotatable bonds is 10. The summed E-state index contributed by atoms with van der Waals surface area (Å²) in [6.45, 7) is 6.17. The number of hydrogen-bond acceptors (Lipinski definition) is 7. The van der Waals surface area contributed by atoms with E-state index in [1.165, 1.54) is 38.6 Å². The molecule has 7 nitrogen and oxygen atoms in total. The first kappa shape index (κ1) is 26.2. The standard InChI is InChI=1S/C18H20N2O5S.C5H12/c1-12(25-13-6-4-3-5-7-13)11-24-15(21)10-20-18(26)16-17(22)14(23-2)8-9-19-16;1-3-5-4-2/h3-9,12,22H,10-11H2,1-2H3,(H,20,26);3-5H2,1-2H3/t12-;/m0./s1. The second-order valence-corrected chi connectivity index (χ2v) is 7.08. The summed E-state index contributed by atoms with van der Waals surface area (Å²) in [5.41, 5.74) is 0.132. The molecule has 0 aliphatic carbocycles. The number of aromatic nitrogens is 1. The van der Waals surface area contributed by atoms with Crippen molar-refractivity contribution in [1.29, 1.82) is 0 Å². The highest BCUT2D eigenvalue weighted by Crippen LogP contribution is 2.27. The lowest BCUT2D eigenvalue weighted by atomic mass is 10.3. The molecule has 2 aromatic rings. The van der Waals surface area contributed by atoms with Crippen LogP contribution < -0.4 is 14.8 Å². The topological polar surface area (TPSA) is 89.9 Å². The van der Waals surface area contributed by atoms with Crippen molar-refractivity contribution in [3.05, 3.63) is 48.3 Å². The van der Waals surface area contributed by atoms with Crippen LogP contribution in [-0.2, 0) is 9.53 Å². The molecule has 1 aromatic heterocycles. The van der Waals surface area contributed by atoms with E-state index in [-0.39, 0.29) is 41.4 Å². The van der Waals surface area contributed by atoms with Crippen LogP contribution in [-0.4, -0.2) is 47.4 Å². The molecule has 0 saturated carbocycles. The summed E-state index contributed by atoms with van der Waals surface area (Å²) in [6, 6.07) is 10.8. The van der Waals surface area contributed by atoms with Gasteiger partial charge in [-0.05, 0) is 19.1 Å². The number of nitrogens with zero attached hydrogens (tertiary/aromatic N) is 1. The summed E-state index contributed by atoms with van der Waals surface area (Å²) in [7, 11) is 1.42. The molecule has 2 N–H and O–H groups in total. The van der Waals surface area contributed by atoms with Gasteiger partial charge in [0.2, 0.25) is 0 Å². The summed E-state index contributed by atoms with van der Waals surface area (Å²) in [6.07, 6.45) is 5.23. The molecule has 0 aliphatic rings. The smallest absolute Gasteiger partial charge is 0.325 e. The molecule has 1 heterocycles. The van der Waals surface area contributed by atoms with Crippen LogP contribution >= 0.6 is 12.2 Å². The Labute approximate surface area is 189 Å². The van der Waals surface area contributed by atoms with Gasteiger partial charge in [0.05, 0.1) is 7.11 Å². The third-order valence-electron chi connectivity index (χ3n) is 3.98. The second kappa shape index (κ2) is 15.0. The number of para-hydroxylation sites is 1. The van der Waals surface area contributed by atoms with Crippen molar-refractivity contribution in [1.82, 2.24) is 10.3 Å². The third-order valence-corrected chi connectivity index (χ3v) is 4.32. The van der Waals surface area contributed by atoms with Gasteiger partial charge in [-0.3, -0.25) is 4.79 Å². The maximum absolute atomic E-state index is 11.8. The number of methoxy groups -OCH3 is 1. The molecule has 0 radical (unpaired) electrons. The zero-order valence-electron chi connectivity index (χ0n) is 18.6. The molecule has 8 heteroatoms. The summed E-state index contributed by atoms with van der Waals surface area (Å²) in [4.78, 5) is 15.9. The Morgan fingerprint density at radius 1 is 1.19 bits per heavy atom. The van der Waals surface area contributed by atoms with E-state index in [0.29, 0.717) is 5.75 Å². The number of unbranched alkanes of at least 4 members (excludes halogenated alkanes) is 2. The summed E-state index contributed by atoms with van der Waals surface area (Å²) in [5.74, 6) is 0.257. The van der Waals surface area contributed by atoms with Gasteiger partial charge in [-0.2, -0.15) is 0 Å². The normalized spacial score (nSPS) is 10.8. The maximum Gasteiger partial charge on any atom is 0.325 e. The van der Waals surface area contributed by atoms with Gasteiger partial charge >= 0.3 is 5.97 Å². The van der Waals surface area contributed by atoms with E-state index in [2.05, 4.69) is 24.1 Å². The Kier molecular flexibility index (Phi) is 12.7. The van der Waals surface area contributed by atoms with Crippen LogP contribution in [0.4, 0.5) is 0 Å². The van der Waals surface area contributed by atoms with Crippen molar-refractivity contribution < 1.29 is 24.1 Å². The van der Waals surface area contributed by atoms with E-state index in [1.54, 1.807) is 6.92 Å². The number of ether oxygens (including phenoxy) is 3. The van der Waals surface area contributed by atoms with Gasteiger partial charge in [0.25, 0.3) is 0 Å². The zero-order chi connectivity index (χ0) is 23.1. The molecule has 0 bridgehead atoms. The minimum atomic E-state index is -0.502. The number of pyridine rings is 1. The quantitative estimate of drug-likeness (QED) is 0.411. The number of carbonyl (C=O) groups excluding carboxylic acids is 1. The largest absolute Gasteiger partial charge is 0.503 e. The molecule has 2 rings (SSSR count). The maximum atomic E-state index is 11.8. The lowest BCUT2D eigenvalue weighted by Gasteiger charge is -2.15. The zero-order valence-corrected chi connectivity index (χ0v) is 19.4. The highest BCUT2D eigenvalue weighted by Gasteiger charge is 2.15. The van der Waals surface area contributed by atoms with Gasteiger partial charge < -0.3 is 24.6 Å². The monoisotopic (exact) mass is 448 g/mol. The van der Waals surface area contributed by atoms with Gasteiger partial charge in [0, 0.05) is 12.3 Å². The number of carbonyl (C=O) groups is 1. The average Bonchev–Trinajstić information content (AvgIpc) is 2.78. The van der Waals surface area contributed by atoms with Gasteiger partial charge in [-0.1, -0.05) is 63.5 Å². The average molecular weight is 449 g/mol. The molecule has 0 amide bonds. The van der Waals surface area contributed by atoms with Gasteiger partial charge in [0.1, 0.15) is 35.7 Å². The molecule has 0 spiro atoms. The molecular weight excluding hydrogens is 416 g/mol. The first-order valence-electron chi connectivity index (χ1n) is 10.3. The summed E-state index contributed by atoms with van der Waals surface area (Å²) in [5, 5.41) is 12.7. The van der Waals surface area contributed by atoms with E-state index < -0.39 is 5.97 Å². The first-order chi connectivity index (χ1) is 14.9. The predicted molar refractivity (Wildman–Crippen MR) is 125 cm³/mol.